The summed E-state index contributed by atoms with van der Waals surface area (Å²) in [5.74, 6) is 1.55. The SMILES string of the molecule is CCCCCCCCCCCCn1nnc(C(C(=O)Nc2c(OC)cc(OC)cc2OC)C2CCCC2)n1. The highest BCUT2D eigenvalue weighted by Gasteiger charge is 2.36. The van der Waals surface area contributed by atoms with Crippen molar-refractivity contribution in [3.63, 3.8) is 0 Å². The van der Waals surface area contributed by atoms with Crippen LogP contribution < -0.4 is 19.5 Å². The zero-order chi connectivity index (χ0) is 27.2. The van der Waals surface area contributed by atoms with Crippen molar-refractivity contribution < 1.29 is 19.0 Å². The van der Waals surface area contributed by atoms with Gasteiger partial charge >= 0.3 is 0 Å². The molecule has 1 aromatic carbocycles. The van der Waals surface area contributed by atoms with Gasteiger partial charge in [-0.15, -0.1) is 10.2 Å². The van der Waals surface area contributed by atoms with Crippen LogP contribution >= 0.6 is 0 Å². The van der Waals surface area contributed by atoms with Crippen molar-refractivity contribution in [3.8, 4) is 17.2 Å². The average molecular weight is 530 g/mol. The number of benzene rings is 1. The van der Waals surface area contributed by atoms with Crippen molar-refractivity contribution in [2.75, 3.05) is 26.6 Å². The van der Waals surface area contributed by atoms with Crippen LogP contribution in [-0.4, -0.2) is 47.4 Å². The van der Waals surface area contributed by atoms with E-state index in [0.717, 1.165) is 45.1 Å². The van der Waals surface area contributed by atoms with E-state index >= 15 is 0 Å². The van der Waals surface area contributed by atoms with E-state index in [1.165, 1.54) is 51.4 Å². The molecule has 1 heterocycles. The highest BCUT2D eigenvalue weighted by Crippen LogP contribution is 2.41. The zero-order valence-electron chi connectivity index (χ0n) is 23.8. The molecule has 0 aliphatic heterocycles. The number of nitrogens with one attached hydrogen (secondary N) is 1. The maximum absolute atomic E-state index is 13.7. The number of anilines is 1. The maximum Gasteiger partial charge on any atom is 0.235 e. The smallest absolute Gasteiger partial charge is 0.235 e. The van der Waals surface area contributed by atoms with Gasteiger partial charge in [-0.25, -0.2) is 0 Å². The quantitative estimate of drug-likeness (QED) is 0.219. The van der Waals surface area contributed by atoms with Crippen LogP contribution in [0.25, 0.3) is 0 Å². The summed E-state index contributed by atoms with van der Waals surface area (Å²) in [6.45, 7) is 2.98. The summed E-state index contributed by atoms with van der Waals surface area (Å²) < 4.78 is 16.4. The molecule has 9 nitrogen and oxygen atoms in total. The molecule has 1 N–H and O–H groups in total. The minimum Gasteiger partial charge on any atom is -0.496 e. The van der Waals surface area contributed by atoms with Crippen LogP contribution in [-0.2, 0) is 11.3 Å². The highest BCUT2D eigenvalue weighted by atomic mass is 16.5. The minimum atomic E-state index is -0.476. The highest BCUT2D eigenvalue weighted by molar-refractivity contribution is 5.98. The topological polar surface area (TPSA) is 100 Å². The normalized spacial score (nSPS) is 14.4. The summed E-state index contributed by atoms with van der Waals surface area (Å²) in [6, 6.07) is 3.45. The van der Waals surface area contributed by atoms with E-state index in [2.05, 4.69) is 27.7 Å². The molecular formula is C29H47N5O4. The molecule has 212 valence electrons. The van der Waals surface area contributed by atoms with Crippen LogP contribution in [0.3, 0.4) is 0 Å². The maximum atomic E-state index is 13.7. The molecule has 1 unspecified atom stereocenters. The lowest BCUT2D eigenvalue weighted by molar-refractivity contribution is -0.118. The molecule has 1 aliphatic carbocycles. The van der Waals surface area contributed by atoms with Crippen molar-refractivity contribution in [3.05, 3.63) is 18.0 Å². The Bertz CT molecular complexity index is 949. The molecule has 1 atom stereocenters. The summed E-state index contributed by atoms with van der Waals surface area (Å²) in [4.78, 5) is 15.3. The fourth-order valence-corrected chi connectivity index (χ4v) is 5.38. The van der Waals surface area contributed by atoms with Crippen molar-refractivity contribution in [1.82, 2.24) is 20.2 Å². The fourth-order valence-electron chi connectivity index (χ4n) is 5.38. The van der Waals surface area contributed by atoms with E-state index < -0.39 is 5.92 Å². The number of hydrogen-bond acceptors (Lipinski definition) is 7. The second-order valence-corrected chi connectivity index (χ2v) is 10.3. The molecular weight excluding hydrogens is 482 g/mol. The number of amides is 1. The van der Waals surface area contributed by atoms with Gasteiger partial charge in [-0.2, -0.15) is 4.80 Å². The molecule has 2 aromatic rings. The number of carbonyl (C=O) groups is 1. The van der Waals surface area contributed by atoms with Crippen LogP contribution in [0, 0.1) is 5.92 Å². The van der Waals surface area contributed by atoms with Crippen molar-refractivity contribution in [2.45, 2.75) is 109 Å². The fraction of sp³-hybridized carbons (Fsp3) is 0.724. The number of tetrazole rings is 1. The number of aryl methyl sites for hydroxylation is 1. The number of methoxy groups -OCH3 is 3. The lowest BCUT2D eigenvalue weighted by Gasteiger charge is -2.22. The molecule has 0 saturated heterocycles. The van der Waals surface area contributed by atoms with Crippen LogP contribution in [0.5, 0.6) is 17.2 Å². The van der Waals surface area contributed by atoms with Gasteiger partial charge in [0, 0.05) is 12.1 Å². The van der Waals surface area contributed by atoms with E-state index in [4.69, 9.17) is 14.2 Å². The van der Waals surface area contributed by atoms with E-state index in [1.807, 2.05) is 0 Å². The first-order valence-electron chi connectivity index (χ1n) is 14.5. The first-order chi connectivity index (χ1) is 18.6. The second-order valence-electron chi connectivity index (χ2n) is 10.3. The molecule has 1 amide bonds. The Morgan fingerprint density at radius 3 is 2.05 bits per heavy atom. The Hall–Kier alpha value is -2.84. The zero-order valence-corrected chi connectivity index (χ0v) is 23.8. The molecule has 1 aromatic heterocycles. The van der Waals surface area contributed by atoms with Gasteiger partial charge in [0.05, 0.1) is 27.9 Å². The number of carbonyl (C=O) groups excluding carboxylic acids is 1. The monoisotopic (exact) mass is 529 g/mol. The number of rotatable bonds is 18. The van der Waals surface area contributed by atoms with Gasteiger partial charge in [0.1, 0.15) is 28.9 Å². The van der Waals surface area contributed by atoms with E-state index in [-0.39, 0.29) is 11.8 Å². The molecule has 3 rings (SSSR count). The first kappa shape index (κ1) is 29.7. The number of unbranched alkanes of at least 4 members (excludes halogenated alkanes) is 9. The lowest BCUT2D eigenvalue weighted by Crippen LogP contribution is -2.28. The molecule has 1 saturated carbocycles. The third-order valence-corrected chi connectivity index (χ3v) is 7.58. The van der Waals surface area contributed by atoms with Gasteiger partial charge in [0.15, 0.2) is 5.82 Å². The Balaban J connectivity index is 1.59. The van der Waals surface area contributed by atoms with E-state index in [1.54, 1.807) is 38.3 Å². The molecule has 1 aliphatic rings. The average Bonchev–Trinajstić information content (AvgIpc) is 3.63. The molecule has 0 radical (unpaired) electrons. The molecule has 1 fully saturated rings. The van der Waals surface area contributed by atoms with Gasteiger partial charge in [0.2, 0.25) is 5.91 Å². The van der Waals surface area contributed by atoms with Gasteiger partial charge in [-0.1, -0.05) is 77.6 Å². The number of nitrogens with zero attached hydrogens (tertiary/aromatic N) is 4. The van der Waals surface area contributed by atoms with Crippen molar-refractivity contribution in [2.24, 2.45) is 5.92 Å². The Morgan fingerprint density at radius 2 is 1.50 bits per heavy atom. The summed E-state index contributed by atoms with van der Waals surface area (Å²) in [7, 11) is 4.69. The minimum absolute atomic E-state index is 0.169. The summed E-state index contributed by atoms with van der Waals surface area (Å²) in [5, 5.41) is 16.3. The number of hydrogen-bond donors (Lipinski definition) is 1. The van der Waals surface area contributed by atoms with Gasteiger partial charge in [0.25, 0.3) is 0 Å². The van der Waals surface area contributed by atoms with Crippen LogP contribution in [0.2, 0.25) is 0 Å². The largest absolute Gasteiger partial charge is 0.496 e. The van der Waals surface area contributed by atoms with Gasteiger partial charge in [-0.05, 0) is 30.4 Å². The number of ether oxygens (including phenoxy) is 3. The predicted molar refractivity (Wildman–Crippen MR) is 149 cm³/mol. The van der Waals surface area contributed by atoms with Crippen LogP contribution in [0.4, 0.5) is 5.69 Å². The van der Waals surface area contributed by atoms with Gasteiger partial charge < -0.3 is 19.5 Å². The Labute approximate surface area is 228 Å². The third kappa shape index (κ3) is 8.60. The van der Waals surface area contributed by atoms with Crippen LogP contribution in [0.1, 0.15) is 109 Å². The summed E-state index contributed by atoms with van der Waals surface area (Å²) >= 11 is 0. The van der Waals surface area contributed by atoms with E-state index in [0.29, 0.717) is 28.8 Å². The molecule has 38 heavy (non-hydrogen) atoms. The Morgan fingerprint density at radius 1 is 0.921 bits per heavy atom. The molecule has 9 heteroatoms. The summed E-state index contributed by atoms with van der Waals surface area (Å²) in [6.07, 6.45) is 17.0. The second kappa shape index (κ2) is 16.2. The first-order valence-corrected chi connectivity index (χ1v) is 14.5. The molecule has 0 spiro atoms. The number of aromatic nitrogens is 4. The van der Waals surface area contributed by atoms with Crippen molar-refractivity contribution in [1.29, 1.82) is 0 Å². The molecule has 0 bridgehead atoms. The van der Waals surface area contributed by atoms with Crippen LogP contribution in [0.15, 0.2) is 12.1 Å². The van der Waals surface area contributed by atoms with E-state index in [9.17, 15) is 4.79 Å². The standard InChI is InChI=1S/C29H47N5O4/c1-5-6-7-8-9-10-11-12-13-16-19-34-32-28(31-33-34)26(22-17-14-15-18-22)29(35)30-27-24(37-3)20-23(36-2)21-25(27)38-4/h20-22,26H,5-19H2,1-4H3,(H,30,35). The summed E-state index contributed by atoms with van der Waals surface area (Å²) in [5.41, 5.74) is 0.474. The van der Waals surface area contributed by atoms with Crippen molar-refractivity contribution >= 4 is 11.6 Å². The predicted octanol–water partition coefficient (Wildman–Crippen LogP) is 6.53. The lowest BCUT2D eigenvalue weighted by atomic mass is 9.89. The Kier molecular flexibility index (Phi) is 12.7. The van der Waals surface area contributed by atoms with Gasteiger partial charge in [-0.3, -0.25) is 4.79 Å². The third-order valence-electron chi connectivity index (χ3n) is 7.58.